The third kappa shape index (κ3) is 3.22. The van der Waals surface area contributed by atoms with Gasteiger partial charge in [0.2, 0.25) is 0 Å². The molecule has 1 aromatic heterocycles. The molecule has 4 rings (SSSR count). The zero-order valence-corrected chi connectivity index (χ0v) is 20.1. The Morgan fingerprint density at radius 3 is 2.15 bits per heavy atom. The van der Waals surface area contributed by atoms with Crippen LogP contribution in [0.5, 0.6) is 11.5 Å². The highest BCUT2D eigenvalue weighted by molar-refractivity contribution is 5.85. The van der Waals surface area contributed by atoms with E-state index in [1.54, 1.807) is 20.8 Å². The molecule has 2 unspecified atom stereocenters. The molecule has 1 fully saturated rings. The van der Waals surface area contributed by atoms with Crippen molar-refractivity contribution in [2.45, 2.75) is 95.2 Å². The highest BCUT2D eigenvalue weighted by Crippen LogP contribution is 2.53. The SMILES string of the molecule is CC1(C)O[C@@](C)(COc2cc3oc(=O)c4c(c3cc2O)CCCC4)C(C)(O)C(C)(O)[C@]1(C)O. The predicted molar refractivity (Wildman–Crippen MR) is 122 cm³/mol. The van der Waals surface area contributed by atoms with E-state index in [0.29, 0.717) is 23.0 Å². The summed E-state index contributed by atoms with van der Waals surface area (Å²) in [5, 5.41) is 44.9. The third-order valence-electron chi connectivity index (χ3n) is 8.38. The van der Waals surface area contributed by atoms with Gasteiger partial charge in [0.15, 0.2) is 11.5 Å². The molecule has 4 N–H and O–H groups in total. The van der Waals surface area contributed by atoms with E-state index in [4.69, 9.17) is 13.9 Å². The molecule has 8 nitrogen and oxygen atoms in total. The van der Waals surface area contributed by atoms with Crippen LogP contribution in [0.15, 0.2) is 21.3 Å². The summed E-state index contributed by atoms with van der Waals surface area (Å²) in [6.07, 6.45) is 3.31. The van der Waals surface area contributed by atoms with Gasteiger partial charge in [0.05, 0.1) is 5.60 Å². The summed E-state index contributed by atoms with van der Waals surface area (Å²) in [7, 11) is 0. The number of aryl methyl sites for hydroxylation is 1. The number of hydrogen-bond donors (Lipinski definition) is 4. The second-order valence-corrected chi connectivity index (χ2v) is 10.7. The number of hydrogen-bond acceptors (Lipinski definition) is 8. The maximum atomic E-state index is 12.4. The minimum atomic E-state index is -1.96. The molecule has 4 atom stereocenters. The van der Waals surface area contributed by atoms with Crippen LogP contribution in [0.3, 0.4) is 0 Å². The number of phenols is 1. The van der Waals surface area contributed by atoms with Crippen molar-refractivity contribution >= 4 is 11.0 Å². The topological polar surface area (TPSA) is 130 Å². The number of fused-ring (bicyclic) bond motifs is 3. The van der Waals surface area contributed by atoms with E-state index < -0.39 is 28.0 Å². The Balaban J connectivity index is 1.71. The minimum Gasteiger partial charge on any atom is -0.504 e. The van der Waals surface area contributed by atoms with Gasteiger partial charge < -0.3 is 34.3 Å². The average molecular weight is 463 g/mol. The van der Waals surface area contributed by atoms with Crippen LogP contribution in [0.2, 0.25) is 0 Å². The molecular formula is C25H34O8. The summed E-state index contributed by atoms with van der Waals surface area (Å²) in [5.74, 6) is -0.0852. The first kappa shape index (κ1) is 24.0. The first-order valence-electron chi connectivity index (χ1n) is 11.4. The average Bonchev–Trinajstić information content (AvgIpc) is 2.71. The fraction of sp³-hybridized carbons (Fsp3) is 0.640. The van der Waals surface area contributed by atoms with E-state index in [0.717, 1.165) is 24.8 Å². The van der Waals surface area contributed by atoms with E-state index in [-0.39, 0.29) is 23.7 Å². The van der Waals surface area contributed by atoms with Gasteiger partial charge in [0.1, 0.15) is 34.6 Å². The first-order valence-corrected chi connectivity index (χ1v) is 11.4. The van der Waals surface area contributed by atoms with Crippen molar-refractivity contribution in [3.05, 3.63) is 33.7 Å². The Kier molecular flexibility index (Phi) is 5.23. The van der Waals surface area contributed by atoms with Gasteiger partial charge in [-0.3, -0.25) is 0 Å². The Hall–Kier alpha value is -2.13. The molecule has 1 aromatic carbocycles. The molecule has 182 valence electrons. The maximum absolute atomic E-state index is 12.4. The van der Waals surface area contributed by atoms with Gasteiger partial charge in [0, 0.05) is 17.0 Å². The quantitative estimate of drug-likeness (QED) is 0.512. The number of aromatic hydroxyl groups is 1. The van der Waals surface area contributed by atoms with Crippen LogP contribution in [-0.2, 0) is 17.6 Å². The highest BCUT2D eigenvalue weighted by atomic mass is 16.6. The Bertz CT molecular complexity index is 1160. The molecule has 0 radical (unpaired) electrons. The van der Waals surface area contributed by atoms with Gasteiger partial charge in [-0.1, -0.05) is 0 Å². The van der Waals surface area contributed by atoms with Gasteiger partial charge >= 0.3 is 5.63 Å². The van der Waals surface area contributed by atoms with Crippen LogP contribution >= 0.6 is 0 Å². The zero-order chi connectivity index (χ0) is 24.6. The number of phenolic OH excluding ortho intramolecular Hbond substituents is 1. The lowest BCUT2D eigenvalue weighted by Gasteiger charge is -2.65. The van der Waals surface area contributed by atoms with Crippen LogP contribution in [0, 0.1) is 0 Å². The summed E-state index contributed by atoms with van der Waals surface area (Å²) in [5.41, 5.74) is -6.89. The largest absolute Gasteiger partial charge is 0.504 e. The van der Waals surface area contributed by atoms with Gasteiger partial charge in [-0.15, -0.1) is 0 Å². The fourth-order valence-electron chi connectivity index (χ4n) is 5.30. The minimum absolute atomic E-state index is 0.0526. The molecule has 0 saturated carbocycles. The summed E-state index contributed by atoms with van der Waals surface area (Å²) in [6, 6.07) is 2.99. The van der Waals surface area contributed by atoms with Crippen molar-refractivity contribution in [3.8, 4) is 11.5 Å². The van der Waals surface area contributed by atoms with Crippen LogP contribution in [0.4, 0.5) is 0 Å². The molecule has 8 heteroatoms. The second-order valence-electron chi connectivity index (χ2n) is 10.7. The predicted octanol–water partition coefficient (Wildman–Crippen LogP) is 2.58. The van der Waals surface area contributed by atoms with Crippen LogP contribution < -0.4 is 10.4 Å². The van der Waals surface area contributed by atoms with Crippen molar-refractivity contribution in [1.29, 1.82) is 0 Å². The van der Waals surface area contributed by atoms with E-state index in [1.807, 2.05) is 0 Å². The van der Waals surface area contributed by atoms with E-state index in [1.165, 1.54) is 32.9 Å². The zero-order valence-electron chi connectivity index (χ0n) is 20.1. The highest BCUT2D eigenvalue weighted by Gasteiger charge is 2.72. The number of rotatable bonds is 3. The summed E-state index contributed by atoms with van der Waals surface area (Å²) >= 11 is 0. The van der Waals surface area contributed by atoms with Crippen LogP contribution in [-0.4, -0.2) is 55.0 Å². The monoisotopic (exact) mass is 462 g/mol. The molecular weight excluding hydrogens is 428 g/mol. The number of ether oxygens (including phenoxy) is 2. The Morgan fingerprint density at radius 1 is 0.909 bits per heavy atom. The fourth-order valence-corrected chi connectivity index (χ4v) is 5.30. The standard InChI is InChI=1S/C25H34O8/c1-21(2)23(4,28)25(6,30)24(5,29)22(3,33-21)13-31-19-12-18-16(11-17(19)26)14-9-7-8-10-15(14)20(27)32-18/h11-12,26,28-30H,7-10,13H2,1-6H3/t22-,23+,24?,25?/m0/s1. The first-order chi connectivity index (χ1) is 15.1. The van der Waals surface area contributed by atoms with Crippen molar-refractivity contribution in [2.24, 2.45) is 0 Å². The lowest BCUT2D eigenvalue weighted by molar-refractivity contribution is -0.397. The molecule has 0 amide bonds. The number of aliphatic hydroxyl groups is 3. The summed E-state index contributed by atoms with van der Waals surface area (Å²) < 4.78 is 17.5. The molecule has 2 aliphatic rings. The molecule has 1 aliphatic carbocycles. The van der Waals surface area contributed by atoms with Crippen LogP contribution in [0.1, 0.15) is 65.5 Å². The summed E-state index contributed by atoms with van der Waals surface area (Å²) in [4.78, 5) is 12.4. The van der Waals surface area contributed by atoms with E-state index >= 15 is 0 Å². The van der Waals surface area contributed by atoms with Crippen molar-refractivity contribution in [2.75, 3.05) is 6.61 Å². The second kappa shape index (κ2) is 7.18. The molecule has 1 saturated heterocycles. The van der Waals surface area contributed by atoms with Gasteiger partial charge in [-0.2, -0.15) is 0 Å². The van der Waals surface area contributed by atoms with Gasteiger partial charge in [0.25, 0.3) is 0 Å². The molecule has 2 heterocycles. The van der Waals surface area contributed by atoms with Gasteiger partial charge in [-0.05, 0) is 78.9 Å². The van der Waals surface area contributed by atoms with E-state index in [9.17, 15) is 25.2 Å². The normalized spacial score (nSPS) is 35.9. The molecule has 33 heavy (non-hydrogen) atoms. The van der Waals surface area contributed by atoms with E-state index in [2.05, 4.69) is 0 Å². The van der Waals surface area contributed by atoms with Gasteiger partial charge in [-0.25, -0.2) is 4.79 Å². The molecule has 0 spiro atoms. The number of benzene rings is 1. The maximum Gasteiger partial charge on any atom is 0.339 e. The van der Waals surface area contributed by atoms with Crippen LogP contribution in [0.25, 0.3) is 11.0 Å². The van der Waals surface area contributed by atoms with Crippen molar-refractivity contribution < 1.29 is 34.3 Å². The smallest absolute Gasteiger partial charge is 0.339 e. The summed E-state index contributed by atoms with van der Waals surface area (Å²) in [6.45, 7) is 8.73. The lowest BCUT2D eigenvalue weighted by Crippen LogP contribution is -2.84. The molecule has 2 aromatic rings. The van der Waals surface area contributed by atoms with Crippen molar-refractivity contribution in [3.63, 3.8) is 0 Å². The Morgan fingerprint density at radius 2 is 1.52 bits per heavy atom. The molecule has 0 bridgehead atoms. The lowest BCUT2D eigenvalue weighted by atomic mass is 9.59. The Labute approximate surface area is 192 Å². The van der Waals surface area contributed by atoms with Crippen molar-refractivity contribution in [1.82, 2.24) is 0 Å². The molecule has 1 aliphatic heterocycles. The third-order valence-corrected chi connectivity index (χ3v) is 8.38.